The molecule has 1 aromatic heterocycles. The lowest BCUT2D eigenvalue weighted by molar-refractivity contribution is -0.384. The SMILES string of the molecule is O=C(N/N=C\c1sc(=O)n(Cc2ccc(Br)cc2)c1Cl)c1ccc([N+](=O)[O-])cc1. The number of carbonyl (C=O) groups is 1. The van der Waals surface area contributed by atoms with Crippen molar-refractivity contribution in [3.05, 3.63) is 93.9 Å². The van der Waals surface area contributed by atoms with Crippen LogP contribution in [-0.2, 0) is 6.54 Å². The third kappa shape index (κ3) is 5.17. The van der Waals surface area contributed by atoms with Crippen molar-refractivity contribution in [2.45, 2.75) is 6.54 Å². The van der Waals surface area contributed by atoms with E-state index >= 15 is 0 Å². The van der Waals surface area contributed by atoms with Gasteiger partial charge < -0.3 is 0 Å². The van der Waals surface area contributed by atoms with Gasteiger partial charge in [-0.05, 0) is 29.8 Å². The van der Waals surface area contributed by atoms with Gasteiger partial charge in [-0.15, -0.1) is 0 Å². The van der Waals surface area contributed by atoms with Gasteiger partial charge in [-0.25, -0.2) is 5.43 Å². The largest absolute Gasteiger partial charge is 0.309 e. The van der Waals surface area contributed by atoms with Crippen LogP contribution in [0.5, 0.6) is 0 Å². The number of amides is 1. The maximum atomic E-state index is 12.2. The van der Waals surface area contributed by atoms with Gasteiger partial charge >= 0.3 is 4.87 Å². The molecule has 0 aliphatic rings. The van der Waals surface area contributed by atoms with E-state index in [-0.39, 0.29) is 21.3 Å². The number of non-ortho nitro benzene ring substituents is 1. The number of aromatic nitrogens is 1. The standard InChI is InChI=1S/C18H12BrClN4O4S/c19-13-5-1-11(2-6-13)10-23-16(20)15(29-18(23)26)9-21-22-17(25)12-3-7-14(8-4-12)24(27)28/h1-9H,10H2,(H,22,25)/b21-9-. The molecule has 0 radical (unpaired) electrons. The van der Waals surface area contributed by atoms with Crippen LogP contribution in [0, 0.1) is 10.1 Å². The topological polar surface area (TPSA) is 107 Å². The number of halogens is 2. The predicted molar refractivity (Wildman–Crippen MR) is 115 cm³/mol. The molecule has 2 aromatic carbocycles. The summed E-state index contributed by atoms with van der Waals surface area (Å²) in [5.74, 6) is -0.547. The number of hydrogen-bond donors (Lipinski definition) is 1. The highest BCUT2D eigenvalue weighted by atomic mass is 79.9. The van der Waals surface area contributed by atoms with Gasteiger partial charge in [0.1, 0.15) is 5.15 Å². The van der Waals surface area contributed by atoms with Crippen LogP contribution < -0.4 is 10.3 Å². The lowest BCUT2D eigenvalue weighted by Gasteiger charge is -2.04. The molecule has 0 spiro atoms. The summed E-state index contributed by atoms with van der Waals surface area (Å²) < 4.78 is 2.34. The number of nitrogens with one attached hydrogen (secondary N) is 1. The third-order valence-corrected chi connectivity index (χ3v) is 5.76. The average molecular weight is 496 g/mol. The van der Waals surface area contributed by atoms with Gasteiger partial charge in [-0.3, -0.25) is 24.3 Å². The van der Waals surface area contributed by atoms with E-state index in [1.807, 2.05) is 24.3 Å². The van der Waals surface area contributed by atoms with Crippen molar-refractivity contribution in [1.29, 1.82) is 0 Å². The maximum Gasteiger partial charge on any atom is 0.309 e. The highest BCUT2D eigenvalue weighted by Crippen LogP contribution is 2.19. The van der Waals surface area contributed by atoms with Gasteiger partial charge in [-0.2, -0.15) is 5.10 Å². The molecule has 29 heavy (non-hydrogen) atoms. The second-order valence-electron chi connectivity index (χ2n) is 5.74. The van der Waals surface area contributed by atoms with Gasteiger partial charge in [-0.1, -0.05) is 51.0 Å². The Labute approximate surface area is 181 Å². The van der Waals surface area contributed by atoms with Crippen molar-refractivity contribution in [3.63, 3.8) is 0 Å². The normalized spacial score (nSPS) is 11.0. The molecule has 148 valence electrons. The second kappa shape index (κ2) is 9.12. The van der Waals surface area contributed by atoms with Crippen LogP contribution in [-0.4, -0.2) is 21.6 Å². The lowest BCUT2D eigenvalue weighted by atomic mass is 10.2. The van der Waals surface area contributed by atoms with Crippen molar-refractivity contribution in [1.82, 2.24) is 9.99 Å². The zero-order valence-corrected chi connectivity index (χ0v) is 17.7. The summed E-state index contributed by atoms with van der Waals surface area (Å²) in [6.07, 6.45) is 1.29. The van der Waals surface area contributed by atoms with Crippen LogP contribution in [0.15, 0.2) is 62.9 Å². The average Bonchev–Trinajstić information content (AvgIpc) is 2.97. The van der Waals surface area contributed by atoms with Crippen molar-refractivity contribution in [2.24, 2.45) is 5.10 Å². The maximum absolute atomic E-state index is 12.2. The minimum atomic E-state index is -0.553. The number of benzene rings is 2. The van der Waals surface area contributed by atoms with E-state index in [4.69, 9.17) is 11.6 Å². The van der Waals surface area contributed by atoms with Crippen molar-refractivity contribution < 1.29 is 9.72 Å². The molecule has 0 fully saturated rings. The van der Waals surface area contributed by atoms with Gasteiger partial charge in [0.05, 0.1) is 22.6 Å². The van der Waals surface area contributed by atoms with E-state index in [0.717, 1.165) is 21.4 Å². The van der Waals surface area contributed by atoms with Crippen molar-refractivity contribution in [2.75, 3.05) is 0 Å². The van der Waals surface area contributed by atoms with E-state index in [0.29, 0.717) is 11.4 Å². The van der Waals surface area contributed by atoms with Crippen molar-refractivity contribution >= 4 is 56.7 Å². The lowest BCUT2D eigenvalue weighted by Crippen LogP contribution is -2.17. The quantitative estimate of drug-likeness (QED) is 0.316. The zero-order chi connectivity index (χ0) is 21.0. The molecule has 3 rings (SSSR count). The molecule has 1 amide bonds. The summed E-state index contributed by atoms with van der Waals surface area (Å²) >= 11 is 10.5. The Kier molecular flexibility index (Phi) is 6.57. The van der Waals surface area contributed by atoms with Gasteiger partial charge in [0, 0.05) is 22.2 Å². The van der Waals surface area contributed by atoms with Gasteiger partial charge in [0.25, 0.3) is 11.6 Å². The Bertz CT molecular complexity index is 1140. The number of nitro groups is 1. The number of hydrogen-bond acceptors (Lipinski definition) is 6. The summed E-state index contributed by atoms with van der Waals surface area (Å²) in [5.41, 5.74) is 3.30. The number of nitrogens with zero attached hydrogens (tertiary/aromatic N) is 3. The summed E-state index contributed by atoms with van der Waals surface area (Å²) in [4.78, 5) is 34.5. The number of thiazole rings is 1. The Morgan fingerprint density at radius 1 is 1.24 bits per heavy atom. The van der Waals surface area contributed by atoms with Crippen LogP contribution >= 0.6 is 38.9 Å². The van der Waals surface area contributed by atoms with E-state index in [1.54, 1.807) is 0 Å². The predicted octanol–water partition coefficient (Wildman–Crippen LogP) is 4.05. The highest BCUT2D eigenvalue weighted by molar-refractivity contribution is 9.10. The van der Waals surface area contributed by atoms with Crippen molar-refractivity contribution in [3.8, 4) is 0 Å². The summed E-state index contributed by atoms with van der Waals surface area (Å²) in [6, 6.07) is 12.6. The Hall–Kier alpha value is -2.82. The Morgan fingerprint density at radius 2 is 1.90 bits per heavy atom. The number of hydrazone groups is 1. The molecule has 0 saturated carbocycles. The van der Waals surface area contributed by atoms with Crippen LogP contribution in [0.2, 0.25) is 5.15 Å². The molecule has 0 atom stereocenters. The molecular weight excluding hydrogens is 484 g/mol. The highest BCUT2D eigenvalue weighted by Gasteiger charge is 2.13. The smallest absolute Gasteiger partial charge is 0.284 e. The van der Waals surface area contributed by atoms with E-state index in [1.165, 1.54) is 35.0 Å². The molecule has 0 aliphatic carbocycles. The fraction of sp³-hybridized carbons (Fsp3) is 0.0556. The van der Waals surface area contributed by atoms with Crippen LogP contribution in [0.25, 0.3) is 0 Å². The summed E-state index contributed by atoms with van der Waals surface area (Å²) in [5, 5.41) is 14.7. The van der Waals surface area contributed by atoms with Gasteiger partial charge in [0.2, 0.25) is 0 Å². The fourth-order valence-electron chi connectivity index (χ4n) is 2.34. The third-order valence-electron chi connectivity index (χ3n) is 3.80. The van der Waals surface area contributed by atoms with Crippen LogP contribution in [0.4, 0.5) is 5.69 Å². The Morgan fingerprint density at radius 3 is 2.52 bits per heavy atom. The molecule has 3 aromatic rings. The first-order valence-corrected chi connectivity index (χ1v) is 10.1. The van der Waals surface area contributed by atoms with E-state index in [2.05, 4.69) is 26.5 Å². The van der Waals surface area contributed by atoms with E-state index < -0.39 is 10.8 Å². The molecule has 0 bridgehead atoms. The number of nitro benzene ring substituents is 1. The number of rotatable bonds is 6. The molecule has 1 heterocycles. The summed E-state index contributed by atoms with van der Waals surface area (Å²) in [7, 11) is 0. The van der Waals surface area contributed by atoms with E-state index in [9.17, 15) is 19.7 Å². The molecule has 0 saturated heterocycles. The first-order valence-electron chi connectivity index (χ1n) is 8.06. The Balaban J connectivity index is 1.69. The monoisotopic (exact) mass is 494 g/mol. The second-order valence-corrected chi connectivity index (χ2v) is 8.01. The molecule has 8 nitrogen and oxygen atoms in total. The zero-order valence-electron chi connectivity index (χ0n) is 14.5. The molecule has 1 N–H and O–H groups in total. The molecular formula is C18H12BrClN4O4S. The minimum Gasteiger partial charge on any atom is -0.284 e. The number of carbonyl (C=O) groups excluding carboxylic acids is 1. The first kappa shape index (κ1) is 20.9. The fourth-order valence-corrected chi connectivity index (χ4v) is 3.71. The van der Waals surface area contributed by atoms with Crippen LogP contribution in [0.3, 0.4) is 0 Å². The molecule has 11 heteroatoms. The first-order chi connectivity index (χ1) is 13.8. The minimum absolute atomic E-state index is 0.117. The molecule has 0 aliphatic heterocycles. The molecule has 0 unspecified atom stereocenters. The summed E-state index contributed by atoms with van der Waals surface area (Å²) in [6.45, 7) is 0.310. The van der Waals surface area contributed by atoms with Gasteiger partial charge in [0.15, 0.2) is 0 Å². The van der Waals surface area contributed by atoms with Crippen LogP contribution in [0.1, 0.15) is 20.8 Å².